The molecule has 0 aliphatic rings. The van der Waals surface area contributed by atoms with E-state index >= 15 is 0 Å². The number of para-hydroxylation sites is 1. The first-order chi connectivity index (χ1) is 10.0. The van der Waals surface area contributed by atoms with Crippen LogP contribution in [0.25, 0.3) is 0 Å². The van der Waals surface area contributed by atoms with Gasteiger partial charge in [0.15, 0.2) is 5.11 Å². The summed E-state index contributed by atoms with van der Waals surface area (Å²) in [6.45, 7) is 6.22. The summed E-state index contributed by atoms with van der Waals surface area (Å²) in [7, 11) is 0. The van der Waals surface area contributed by atoms with Gasteiger partial charge in [-0.3, -0.25) is 0 Å². The Morgan fingerprint density at radius 1 is 1.10 bits per heavy atom. The number of thiocarbonyl (C=S) groups is 1. The monoisotopic (exact) mass is 318 g/mol. The van der Waals surface area contributed by atoms with Crippen LogP contribution in [0.1, 0.15) is 19.4 Å². The van der Waals surface area contributed by atoms with E-state index in [4.69, 9.17) is 23.8 Å². The zero-order valence-corrected chi connectivity index (χ0v) is 14.0. The maximum atomic E-state index is 6.16. The quantitative estimate of drug-likeness (QED) is 0.777. The highest BCUT2D eigenvalue weighted by atomic mass is 35.5. The van der Waals surface area contributed by atoms with E-state index in [-0.39, 0.29) is 6.04 Å². The minimum absolute atomic E-state index is 0.256. The molecule has 110 valence electrons. The minimum atomic E-state index is 0.256. The molecular weight excluding hydrogens is 300 g/mol. The van der Waals surface area contributed by atoms with Gasteiger partial charge in [0.05, 0.1) is 0 Å². The van der Waals surface area contributed by atoms with Gasteiger partial charge in [-0.1, -0.05) is 35.9 Å². The molecule has 0 bridgehead atoms. The standard InChI is InChI=1S/C17H19ClN2S/c1-12(2)20(14-8-5-4-6-9-14)17(21)19-16-11-7-10-15(18)13(16)3/h4-12H,1-3H3,(H,19,21). The Morgan fingerprint density at radius 3 is 2.38 bits per heavy atom. The number of nitrogens with zero attached hydrogens (tertiary/aromatic N) is 1. The Kier molecular flexibility index (Phi) is 5.21. The van der Waals surface area contributed by atoms with Crippen LogP contribution in [0.15, 0.2) is 48.5 Å². The summed E-state index contributed by atoms with van der Waals surface area (Å²) >= 11 is 11.7. The van der Waals surface area contributed by atoms with Crippen LogP contribution in [-0.4, -0.2) is 11.2 Å². The molecule has 0 unspecified atom stereocenters. The van der Waals surface area contributed by atoms with Gasteiger partial charge in [-0.2, -0.15) is 0 Å². The molecule has 2 rings (SSSR count). The fourth-order valence-corrected chi connectivity index (χ4v) is 2.76. The lowest BCUT2D eigenvalue weighted by Crippen LogP contribution is -2.40. The van der Waals surface area contributed by atoms with Gasteiger partial charge in [0.25, 0.3) is 0 Å². The first-order valence-electron chi connectivity index (χ1n) is 6.91. The van der Waals surface area contributed by atoms with Crippen molar-refractivity contribution in [3.05, 3.63) is 59.1 Å². The molecule has 0 atom stereocenters. The molecule has 0 saturated carbocycles. The van der Waals surface area contributed by atoms with Crippen molar-refractivity contribution in [1.29, 1.82) is 0 Å². The Morgan fingerprint density at radius 2 is 1.76 bits per heavy atom. The van der Waals surface area contributed by atoms with E-state index in [1.165, 1.54) is 0 Å². The fourth-order valence-electron chi connectivity index (χ4n) is 2.16. The lowest BCUT2D eigenvalue weighted by Gasteiger charge is -2.30. The van der Waals surface area contributed by atoms with E-state index in [0.29, 0.717) is 5.11 Å². The van der Waals surface area contributed by atoms with Crippen LogP contribution < -0.4 is 10.2 Å². The molecule has 0 aliphatic carbocycles. The maximum Gasteiger partial charge on any atom is 0.178 e. The van der Waals surface area contributed by atoms with Gasteiger partial charge in [0.2, 0.25) is 0 Å². The first kappa shape index (κ1) is 15.8. The number of benzene rings is 2. The summed E-state index contributed by atoms with van der Waals surface area (Å²) in [5.74, 6) is 0. The van der Waals surface area contributed by atoms with Crippen molar-refractivity contribution in [3.8, 4) is 0 Å². The van der Waals surface area contributed by atoms with Crippen molar-refractivity contribution in [2.45, 2.75) is 26.8 Å². The van der Waals surface area contributed by atoms with E-state index in [0.717, 1.165) is 22.0 Å². The normalized spacial score (nSPS) is 10.5. The molecule has 1 N–H and O–H groups in total. The molecule has 0 fully saturated rings. The molecule has 2 aromatic carbocycles. The molecule has 21 heavy (non-hydrogen) atoms. The van der Waals surface area contributed by atoms with Gasteiger partial charge in [0, 0.05) is 22.4 Å². The molecule has 0 amide bonds. The lowest BCUT2D eigenvalue weighted by molar-refractivity contribution is 0.811. The SMILES string of the molecule is Cc1c(Cl)cccc1NC(=S)N(c1ccccc1)C(C)C. The van der Waals surface area contributed by atoms with Crippen LogP contribution in [0.2, 0.25) is 5.02 Å². The van der Waals surface area contributed by atoms with Crippen molar-refractivity contribution >= 4 is 40.3 Å². The second-order valence-corrected chi connectivity index (χ2v) is 5.94. The van der Waals surface area contributed by atoms with E-state index in [9.17, 15) is 0 Å². The molecule has 2 nitrogen and oxygen atoms in total. The summed E-state index contributed by atoms with van der Waals surface area (Å²) < 4.78 is 0. The van der Waals surface area contributed by atoms with Crippen LogP contribution in [0.3, 0.4) is 0 Å². The van der Waals surface area contributed by atoms with E-state index < -0.39 is 0 Å². The average molecular weight is 319 g/mol. The maximum absolute atomic E-state index is 6.16. The van der Waals surface area contributed by atoms with Crippen LogP contribution in [0, 0.1) is 6.92 Å². The lowest BCUT2D eigenvalue weighted by atomic mass is 10.2. The first-order valence-corrected chi connectivity index (χ1v) is 7.69. The summed E-state index contributed by atoms with van der Waals surface area (Å²) in [5, 5.41) is 4.71. The number of anilines is 2. The Balaban J connectivity index is 2.26. The number of nitrogens with one attached hydrogen (secondary N) is 1. The minimum Gasteiger partial charge on any atom is -0.332 e. The van der Waals surface area contributed by atoms with Gasteiger partial charge >= 0.3 is 0 Å². The second-order valence-electron chi connectivity index (χ2n) is 5.14. The van der Waals surface area contributed by atoms with Gasteiger partial charge in [-0.05, 0) is 62.8 Å². The molecule has 0 saturated heterocycles. The summed E-state index contributed by atoms with van der Waals surface area (Å²) in [4.78, 5) is 2.09. The molecule has 4 heteroatoms. The van der Waals surface area contributed by atoms with E-state index in [1.54, 1.807) is 0 Å². The van der Waals surface area contributed by atoms with Crippen molar-refractivity contribution in [2.75, 3.05) is 10.2 Å². The molecule has 0 aliphatic heterocycles. The Labute approximate surface area is 136 Å². The average Bonchev–Trinajstić information content (AvgIpc) is 2.45. The molecule has 2 aromatic rings. The molecule has 0 heterocycles. The van der Waals surface area contributed by atoms with Crippen molar-refractivity contribution < 1.29 is 0 Å². The fraction of sp³-hybridized carbons (Fsp3) is 0.235. The Hall–Kier alpha value is -1.58. The van der Waals surface area contributed by atoms with Gasteiger partial charge in [-0.15, -0.1) is 0 Å². The largest absolute Gasteiger partial charge is 0.332 e. The highest BCUT2D eigenvalue weighted by Gasteiger charge is 2.16. The van der Waals surface area contributed by atoms with Gasteiger partial charge < -0.3 is 10.2 Å². The molecule has 0 radical (unpaired) electrons. The predicted octanol–water partition coefficient (Wildman–Crippen LogP) is 5.26. The molecular formula is C17H19ClN2S. The number of hydrogen-bond acceptors (Lipinski definition) is 1. The van der Waals surface area contributed by atoms with Crippen LogP contribution >= 0.6 is 23.8 Å². The molecule has 0 spiro atoms. The summed E-state index contributed by atoms with van der Waals surface area (Å²) in [5.41, 5.74) is 3.01. The highest BCUT2D eigenvalue weighted by molar-refractivity contribution is 7.80. The third kappa shape index (κ3) is 3.74. The van der Waals surface area contributed by atoms with E-state index in [1.807, 2.05) is 43.3 Å². The van der Waals surface area contributed by atoms with Gasteiger partial charge in [-0.25, -0.2) is 0 Å². The van der Waals surface area contributed by atoms with Crippen molar-refractivity contribution in [3.63, 3.8) is 0 Å². The Bertz CT molecular complexity index is 626. The molecule has 0 aromatic heterocycles. The summed E-state index contributed by atoms with van der Waals surface area (Å²) in [6.07, 6.45) is 0. The number of halogens is 1. The van der Waals surface area contributed by atoms with Crippen molar-refractivity contribution in [1.82, 2.24) is 0 Å². The van der Waals surface area contributed by atoms with Crippen LogP contribution in [-0.2, 0) is 0 Å². The van der Waals surface area contributed by atoms with Gasteiger partial charge in [0.1, 0.15) is 0 Å². The number of hydrogen-bond donors (Lipinski definition) is 1. The third-order valence-corrected chi connectivity index (χ3v) is 3.99. The summed E-state index contributed by atoms with van der Waals surface area (Å²) in [6, 6.07) is 16.2. The third-order valence-electron chi connectivity index (χ3n) is 3.28. The van der Waals surface area contributed by atoms with E-state index in [2.05, 4.69) is 36.2 Å². The van der Waals surface area contributed by atoms with Crippen molar-refractivity contribution in [2.24, 2.45) is 0 Å². The second kappa shape index (κ2) is 6.92. The van der Waals surface area contributed by atoms with Crippen LogP contribution in [0.5, 0.6) is 0 Å². The van der Waals surface area contributed by atoms with Crippen LogP contribution in [0.4, 0.5) is 11.4 Å². The number of rotatable bonds is 3. The zero-order valence-electron chi connectivity index (χ0n) is 12.4. The topological polar surface area (TPSA) is 15.3 Å². The predicted molar refractivity (Wildman–Crippen MR) is 96.5 cm³/mol. The highest BCUT2D eigenvalue weighted by Crippen LogP contribution is 2.24. The zero-order chi connectivity index (χ0) is 15.4. The smallest absolute Gasteiger partial charge is 0.178 e.